The van der Waals surface area contributed by atoms with Crippen LogP contribution in [-0.2, 0) is 19.3 Å². The quantitative estimate of drug-likeness (QED) is 0.492. The van der Waals surface area contributed by atoms with E-state index in [-0.39, 0.29) is 47.3 Å². The Balaban J connectivity index is 1.34. The minimum atomic E-state index is -1.83. The summed E-state index contributed by atoms with van der Waals surface area (Å²) in [5.74, 6) is -0.434. The van der Waals surface area contributed by atoms with Crippen LogP contribution in [0.25, 0.3) is 11.2 Å². The van der Waals surface area contributed by atoms with Crippen molar-refractivity contribution in [1.82, 2.24) is 29.2 Å². The van der Waals surface area contributed by atoms with Gasteiger partial charge < -0.3 is 9.09 Å². The van der Waals surface area contributed by atoms with Gasteiger partial charge in [-0.2, -0.15) is 4.98 Å². The Labute approximate surface area is 173 Å². The molecule has 0 aliphatic heterocycles. The van der Waals surface area contributed by atoms with E-state index < -0.39 is 11.5 Å². The van der Waals surface area contributed by atoms with Gasteiger partial charge in [0.25, 0.3) is 5.56 Å². The molecule has 3 heterocycles. The number of nitrogens with zero attached hydrogens (tertiary/aromatic N) is 6. The Morgan fingerprint density at radius 2 is 2.07 bits per heavy atom. The zero-order valence-electron chi connectivity index (χ0n) is 15.7. The molecule has 1 aromatic carbocycles. The predicted octanol–water partition coefficient (Wildman–Crippen LogP) is 3.10. The maximum absolute atomic E-state index is 15.1. The van der Waals surface area contributed by atoms with Gasteiger partial charge in [-0.25, -0.2) is 18.7 Å². The van der Waals surface area contributed by atoms with Crippen molar-refractivity contribution in [2.75, 3.05) is 0 Å². The van der Waals surface area contributed by atoms with Gasteiger partial charge in [0.15, 0.2) is 17.0 Å². The van der Waals surface area contributed by atoms with E-state index in [4.69, 9.17) is 16.1 Å². The smallest absolute Gasteiger partial charge is 0.280 e. The molecule has 11 heteroatoms. The monoisotopic (exact) mass is 432 g/mol. The van der Waals surface area contributed by atoms with Gasteiger partial charge >= 0.3 is 0 Å². The minimum absolute atomic E-state index is 0.0196. The maximum atomic E-state index is 15.1. The summed E-state index contributed by atoms with van der Waals surface area (Å²) < 4.78 is 37.3. The molecule has 0 spiro atoms. The molecule has 1 fully saturated rings. The van der Waals surface area contributed by atoms with Gasteiger partial charge in [-0.3, -0.25) is 9.36 Å². The van der Waals surface area contributed by atoms with E-state index >= 15 is 4.39 Å². The molecule has 1 aliphatic rings. The van der Waals surface area contributed by atoms with E-state index in [0.29, 0.717) is 17.0 Å². The number of fused-ring (bicyclic) bond motifs is 1. The number of hydrogen-bond acceptors (Lipinski definition) is 6. The molecule has 0 unspecified atom stereocenters. The van der Waals surface area contributed by atoms with Crippen molar-refractivity contribution in [2.24, 2.45) is 7.05 Å². The normalized spacial score (nSPS) is 21.1. The molecular formula is C19H15ClF2N6O2. The highest BCUT2D eigenvalue weighted by Crippen LogP contribution is 2.53. The summed E-state index contributed by atoms with van der Waals surface area (Å²) in [6.45, 7) is 0.0242. The highest BCUT2D eigenvalue weighted by Gasteiger charge is 2.50. The van der Waals surface area contributed by atoms with Crippen molar-refractivity contribution in [2.45, 2.75) is 31.0 Å². The zero-order chi connectivity index (χ0) is 21.0. The van der Waals surface area contributed by atoms with Gasteiger partial charge in [-0.05, 0) is 31.0 Å². The molecule has 4 aromatic rings. The number of hydrogen-bond donors (Lipinski definition) is 0. The van der Waals surface area contributed by atoms with E-state index in [0.717, 1.165) is 6.07 Å². The average Bonchev–Trinajstić information content (AvgIpc) is 3.30. The van der Waals surface area contributed by atoms with E-state index in [1.807, 2.05) is 0 Å². The van der Waals surface area contributed by atoms with Crippen molar-refractivity contribution < 1.29 is 13.3 Å². The number of halogens is 3. The molecule has 8 nitrogen and oxygen atoms in total. The molecule has 0 saturated heterocycles. The van der Waals surface area contributed by atoms with Crippen molar-refractivity contribution >= 4 is 22.8 Å². The Morgan fingerprint density at radius 1 is 1.30 bits per heavy atom. The summed E-state index contributed by atoms with van der Waals surface area (Å²) in [7, 11) is 1.70. The summed E-state index contributed by atoms with van der Waals surface area (Å²) in [5.41, 5.74) is -1.46. The van der Waals surface area contributed by atoms with Crippen molar-refractivity contribution in [1.29, 1.82) is 0 Å². The molecule has 0 amide bonds. The molecule has 154 valence electrons. The molecule has 30 heavy (non-hydrogen) atoms. The highest BCUT2D eigenvalue weighted by molar-refractivity contribution is 6.30. The number of aromatic nitrogens is 6. The Morgan fingerprint density at radius 3 is 2.87 bits per heavy atom. The second kappa shape index (κ2) is 6.69. The molecule has 0 N–H and O–H groups in total. The third kappa shape index (κ3) is 2.98. The number of imidazole rings is 1. The lowest BCUT2D eigenvalue weighted by Crippen LogP contribution is -2.37. The van der Waals surface area contributed by atoms with Crippen LogP contribution >= 0.6 is 11.6 Å². The van der Waals surface area contributed by atoms with Crippen molar-refractivity contribution in [3.05, 3.63) is 69.3 Å². The van der Waals surface area contributed by atoms with Crippen LogP contribution in [0, 0.1) is 5.82 Å². The number of rotatable bonds is 4. The van der Waals surface area contributed by atoms with Gasteiger partial charge in [0.1, 0.15) is 24.4 Å². The first-order valence-corrected chi connectivity index (χ1v) is 9.55. The molecule has 1 aliphatic carbocycles. The molecule has 3 aromatic heterocycles. The summed E-state index contributed by atoms with van der Waals surface area (Å²) >= 11 is 5.88. The molecule has 0 atom stereocenters. The van der Waals surface area contributed by atoms with Crippen LogP contribution in [0.2, 0.25) is 5.02 Å². The van der Waals surface area contributed by atoms with E-state index in [2.05, 4.69) is 20.1 Å². The van der Waals surface area contributed by atoms with Gasteiger partial charge in [0.05, 0.1) is 6.33 Å². The molecular weight excluding hydrogens is 418 g/mol. The van der Waals surface area contributed by atoms with E-state index in [1.165, 1.54) is 29.4 Å². The molecule has 5 rings (SSSR count). The fourth-order valence-corrected chi connectivity index (χ4v) is 3.96. The SMILES string of the molecule is Cn1cnc2ncn(Cc3nc([C@H]4C[C@](F)(c5cc(Cl)ccc5F)C4)no3)c(=O)c21. The van der Waals surface area contributed by atoms with Gasteiger partial charge in [0, 0.05) is 23.6 Å². The molecule has 0 bridgehead atoms. The fraction of sp³-hybridized carbons (Fsp3) is 0.316. The van der Waals surface area contributed by atoms with Crippen LogP contribution in [0.1, 0.15) is 36.0 Å². The predicted molar refractivity (Wildman–Crippen MR) is 102 cm³/mol. The third-order valence-corrected chi connectivity index (χ3v) is 5.64. The second-order valence-corrected chi connectivity index (χ2v) is 7.88. The van der Waals surface area contributed by atoms with Crippen LogP contribution < -0.4 is 5.56 Å². The minimum Gasteiger partial charge on any atom is -0.337 e. The lowest BCUT2D eigenvalue weighted by atomic mass is 9.68. The Kier molecular flexibility index (Phi) is 4.21. The zero-order valence-corrected chi connectivity index (χ0v) is 16.5. The summed E-state index contributed by atoms with van der Waals surface area (Å²) in [5, 5.41) is 4.18. The molecule has 1 saturated carbocycles. The second-order valence-electron chi connectivity index (χ2n) is 7.45. The maximum Gasteiger partial charge on any atom is 0.280 e. The van der Waals surface area contributed by atoms with E-state index in [1.54, 1.807) is 11.6 Å². The van der Waals surface area contributed by atoms with Gasteiger partial charge in [0.2, 0.25) is 5.89 Å². The standard InChI is InChI=1S/C19H15ClF2N6O2/c1-27-8-23-17-15(27)18(29)28(9-24-17)7-14-25-16(26-30-14)10-5-19(22,6-10)12-4-11(20)2-3-13(12)21/h2-4,8-10H,5-7H2,1H3/t10-,19+. The summed E-state index contributed by atoms with van der Waals surface area (Å²) in [6.07, 6.45) is 2.91. The van der Waals surface area contributed by atoms with Crippen molar-refractivity contribution in [3.8, 4) is 0 Å². The fourth-order valence-electron chi connectivity index (χ4n) is 3.79. The largest absolute Gasteiger partial charge is 0.337 e. The first-order chi connectivity index (χ1) is 14.3. The first kappa shape index (κ1) is 18.9. The molecule has 0 radical (unpaired) electrons. The number of benzene rings is 1. The van der Waals surface area contributed by atoms with Gasteiger partial charge in [-0.1, -0.05) is 16.8 Å². The first-order valence-electron chi connectivity index (χ1n) is 9.17. The Hall–Kier alpha value is -3.14. The number of aryl methyl sites for hydroxylation is 1. The van der Waals surface area contributed by atoms with Crippen LogP contribution in [0.15, 0.2) is 40.2 Å². The average molecular weight is 433 g/mol. The topological polar surface area (TPSA) is 91.6 Å². The number of alkyl halides is 1. The van der Waals surface area contributed by atoms with Crippen LogP contribution in [0.5, 0.6) is 0 Å². The Bertz CT molecular complexity index is 1320. The third-order valence-electron chi connectivity index (χ3n) is 5.41. The van der Waals surface area contributed by atoms with Gasteiger partial charge in [-0.15, -0.1) is 0 Å². The van der Waals surface area contributed by atoms with Crippen molar-refractivity contribution in [3.63, 3.8) is 0 Å². The lowest BCUT2D eigenvalue weighted by molar-refractivity contribution is 0.0300. The summed E-state index contributed by atoms with van der Waals surface area (Å²) in [4.78, 5) is 25.1. The summed E-state index contributed by atoms with van der Waals surface area (Å²) in [6, 6.07) is 3.84. The lowest BCUT2D eigenvalue weighted by Gasteiger charge is -2.40. The highest BCUT2D eigenvalue weighted by atomic mass is 35.5. The van der Waals surface area contributed by atoms with Crippen LogP contribution in [0.3, 0.4) is 0 Å². The van der Waals surface area contributed by atoms with Crippen LogP contribution in [0.4, 0.5) is 8.78 Å². The van der Waals surface area contributed by atoms with E-state index in [9.17, 15) is 9.18 Å². The van der Waals surface area contributed by atoms with Crippen LogP contribution in [-0.4, -0.2) is 29.2 Å².